The lowest BCUT2D eigenvalue weighted by Gasteiger charge is -2.15. The van der Waals surface area contributed by atoms with Gasteiger partial charge in [0.15, 0.2) is 5.65 Å². The van der Waals surface area contributed by atoms with Gasteiger partial charge in [-0.15, -0.1) is 11.3 Å². The van der Waals surface area contributed by atoms with Crippen LogP contribution in [0.2, 0.25) is 0 Å². The molecule has 23 heavy (non-hydrogen) atoms. The van der Waals surface area contributed by atoms with Crippen LogP contribution < -0.4 is 0 Å². The molecule has 0 amide bonds. The summed E-state index contributed by atoms with van der Waals surface area (Å²) < 4.78 is 29.2. The first kappa shape index (κ1) is 14.8. The molecule has 1 saturated heterocycles. The third kappa shape index (κ3) is 2.37. The molecule has 1 atom stereocenters. The first-order chi connectivity index (χ1) is 11.1. The summed E-state index contributed by atoms with van der Waals surface area (Å²) in [5, 5.41) is 1.79. The van der Waals surface area contributed by atoms with Crippen molar-refractivity contribution in [1.82, 2.24) is 18.8 Å². The van der Waals surface area contributed by atoms with E-state index in [2.05, 4.69) is 9.97 Å². The first-order valence-electron chi connectivity index (χ1n) is 7.38. The normalized spacial score (nSPS) is 19.6. The van der Waals surface area contributed by atoms with Crippen molar-refractivity contribution in [3.05, 3.63) is 41.7 Å². The molecule has 1 aliphatic rings. The van der Waals surface area contributed by atoms with Crippen molar-refractivity contribution in [2.45, 2.75) is 16.5 Å². The molecule has 0 unspecified atom stereocenters. The second kappa shape index (κ2) is 5.40. The zero-order valence-electron chi connectivity index (χ0n) is 12.6. The van der Waals surface area contributed by atoms with E-state index in [1.165, 1.54) is 11.3 Å². The number of hydrogen-bond donors (Lipinski definition) is 0. The predicted octanol–water partition coefficient (Wildman–Crippen LogP) is 2.21. The van der Waals surface area contributed by atoms with Gasteiger partial charge in [0.25, 0.3) is 10.0 Å². The Morgan fingerprint density at radius 3 is 2.91 bits per heavy atom. The average Bonchev–Trinajstić information content (AvgIpc) is 3.28. The molecule has 1 aliphatic heterocycles. The molecule has 6 nitrogen and oxygen atoms in total. The van der Waals surface area contributed by atoms with Gasteiger partial charge in [-0.25, -0.2) is 18.4 Å². The summed E-state index contributed by atoms with van der Waals surface area (Å²) in [5.41, 5.74) is 1.69. The number of pyridine rings is 1. The molecule has 0 radical (unpaired) electrons. The van der Waals surface area contributed by atoms with E-state index in [1.807, 2.05) is 23.7 Å². The Bertz CT molecular complexity index is 947. The van der Waals surface area contributed by atoms with Gasteiger partial charge in [0.2, 0.25) is 0 Å². The second-order valence-corrected chi connectivity index (χ2v) is 8.77. The summed E-state index contributed by atoms with van der Waals surface area (Å²) in [6.07, 6.45) is 2.53. The van der Waals surface area contributed by atoms with Gasteiger partial charge in [0.05, 0.1) is 0 Å². The molecule has 4 rings (SSSR count). The van der Waals surface area contributed by atoms with Crippen LogP contribution in [0.4, 0.5) is 0 Å². The van der Waals surface area contributed by atoms with Gasteiger partial charge in [-0.05, 0) is 30.0 Å². The van der Waals surface area contributed by atoms with Crippen molar-refractivity contribution in [1.29, 1.82) is 0 Å². The highest BCUT2D eigenvalue weighted by Crippen LogP contribution is 2.32. The molecule has 8 heteroatoms. The number of aromatic nitrogens is 3. The van der Waals surface area contributed by atoms with Gasteiger partial charge in [-0.1, -0.05) is 6.07 Å². The topological polar surface area (TPSA) is 68.1 Å². The van der Waals surface area contributed by atoms with Gasteiger partial charge in [-0.2, -0.15) is 4.31 Å². The molecule has 1 fully saturated rings. The average molecular weight is 348 g/mol. The maximum Gasteiger partial charge on any atom is 0.252 e. The Kier molecular flexibility index (Phi) is 3.47. The molecule has 0 N–H and O–H groups in total. The maximum absolute atomic E-state index is 12.6. The summed E-state index contributed by atoms with van der Waals surface area (Å²) in [4.78, 5) is 9.01. The number of fused-ring (bicyclic) bond motifs is 1. The van der Waals surface area contributed by atoms with E-state index in [4.69, 9.17) is 0 Å². The van der Waals surface area contributed by atoms with E-state index in [1.54, 1.807) is 28.0 Å². The maximum atomic E-state index is 12.6. The number of rotatable bonds is 3. The van der Waals surface area contributed by atoms with Gasteiger partial charge < -0.3 is 4.57 Å². The third-order valence-corrected chi connectivity index (χ3v) is 7.51. The first-order valence-corrected chi connectivity index (χ1v) is 9.70. The fourth-order valence-electron chi connectivity index (χ4n) is 3.10. The van der Waals surface area contributed by atoms with E-state index >= 15 is 0 Å². The third-order valence-electron chi connectivity index (χ3n) is 4.27. The molecule has 0 aliphatic carbocycles. The van der Waals surface area contributed by atoms with Crippen LogP contribution in [0.5, 0.6) is 0 Å². The highest BCUT2D eigenvalue weighted by Gasteiger charge is 2.35. The number of aryl methyl sites for hydroxylation is 1. The molecular weight excluding hydrogens is 332 g/mol. The van der Waals surface area contributed by atoms with Gasteiger partial charge in [0.1, 0.15) is 15.6 Å². The summed E-state index contributed by atoms with van der Waals surface area (Å²) in [6.45, 7) is 0.999. The van der Waals surface area contributed by atoms with E-state index in [-0.39, 0.29) is 5.92 Å². The number of hydrogen-bond acceptors (Lipinski definition) is 5. The molecule has 0 saturated carbocycles. The fraction of sp³-hybridized carbons (Fsp3) is 0.333. The minimum atomic E-state index is -3.38. The lowest BCUT2D eigenvalue weighted by Crippen LogP contribution is -2.28. The summed E-state index contributed by atoms with van der Waals surface area (Å²) in [7, 11) is -1.44. The highest BCUT2D eigenvalue weighted by molar-refractivity contribution is 7.91. The molecule has 120 valence electrons. The highest BCUT2D eigenvalue weighted by atomic mass is 32.2. The Morgan fingerprint density at radius 1 is 1.30 bits per heavy atom. The largest absolute Gasteiger partial charge is 0.316 e. The Balaban J connectivity index is 1.64. The fourth-order valence-corrected chi connectivity index (χ4v) is 5.75. The number of imidazole rings is 1. The Hall–Kier alpha value is -1.77. The zero-order chi connectivity index (χ0) is 16.0. The smallest absolute Gasteiger partial charge is 0.252 e. The summed E-state index contributed by atoms with van der Waals surface area (Å²) in [6, 6.07) is 7.22. The van der Waals surface area contributed by atoms with Crippen LogP contribution in [0, 0.1) is 0 Å². The van der Waals surface area contributed by atoms with Gasteiger partial charge in [0, 0.05) is 32.3 Å². The van der Waals surface area contributed by atoms with Crippen LogP contribution in [0.1, 0.15) is 18.2 Å². The van der Waals surface area contributed by atoms with E-state index in [0.717, 1.165) is 23.4 Å². The molecular formula is C15H16N4O2S2. The van der Waals surface area contributed by atoms with Crippen LogP contribution in [0.3, 0.4) is 0 Å². The molecule has 4 heterocycles. The summed E-state index contributed by atoms with van der Waals surface area (Å²) in [5.74, 6) is 1.01. The van der Waals surface area contributed by atoms with Crippen molar-refractivity contribution in [2.24, 2.45) is 7.05 Å². The minimum absolute atomic E-state index is 0.101. The van der Waals surface area contributed by atoms with Crippen molar-refractivity contribution < 1.29 is 8.42 Å². The standard InChI is InChI=1S/C15H16N4O2S2/c1-18-14(17-12-4-2-7-16-15(12)18)11-6-8-19(10-11)23(20,21)13-5-3-9-22-13/h2-5,7,9,11H,6,8,10H2,1H3/t11-/m1/s1. The van der Waals surface area contributed by atoms with Crippen LogP contribution in [0.25, 0.3) is 11.2 Å². The van der Waals surface area contributed by atoms with Crippen molar-refractivity contribution in [3.63, 3.8) is 0 Å². The van der Waals surface area contributed by atoms with Crippen molar-refractivity contribution in [3.8, 4) is 0 Å². The van der Waals surface area contributed by atoms with E-state index < -0.39 is 10.0 Å². The van der Waals surface area contributed by atoms with E-state index in [0.29, 0.717) is 17.3 Å². The lowest BCUT2D eigenvalue weighted by atomic mass is 10.1. The van der Waals surface area contributed by atoms with Gasteiger partial charge >= 0.3 is 0 Å². The second-order valence-electron chi connectivity index (χ2n) is 5.66. The van der Waals surface area contributed by atoms with Crippen LogP contribution >= 0.6 is 11.3 Å². The van der Waals surface area contributed by atoms with Gasteiger partial charge in [-0.3, -0.25) is 0 Å². The zero-order valence-corrected chi connectivity index (χ0v) is 14.2. The van der Waals surface area contributed by atoms with E-state index in [9.17, 15) is 8.42 Å². The Morgan fingerprint density at radius 2 is 2.17 bits per heavy atom. The molecule has 0 bridgehead atoms. The van der Waals surface area contributed by atoms with Crippen LogP contribution in [0.15, 0.2) is 40.1 Å². The quantitative estimate of drug-likeness (QED) is 0.728. The number of sulfonamides is 1. The van der Waals surface area contributed by atoms with Crippen molar-refractivity contribution in [2.75, 3.05) is 13.1 Å². The molecule has 3 aromatic rings. The SMILES string of the molecule is Cn1c([C@@H]2CCN(S(=O)(=O)c3cccs3)C2)nc2cccnc21. The molecule has 3 aromatic heterocycles. The number of thiophene rings is 1. The van der Waals surface area contributed by atoms with Crippen LogP contribution in [-0.4, -0.2) is 40.3 Å². The number of nitrogens with zero attached hydrogens (tertiary/aromatic N) is 4. The monoisotopic (exact) mass is 348 g/mol. The molecule has 0 aromatic carbocycles. The molecule has 0 spiro atoms. The predicted molar refractivity (Wildman–Crippen MR) is 88.9 cm³/mol. The Labute approximate surface area is 138 Å². The van der Waals surface area contributed by atoms with Crippen LogP contribution in [-0.2, 0) is 17.1 Å². The van der Waals surface area contributed by atoms with Crippen molar-refractivity contribution >= 4 is 32.5 Å². The summed E-state index contributed by atoms with van der Waals surface area (Å²) >= 11 is 1.26. The lowest BCUT2D eigenvalue weighted by molar-refractivity contribution is 0.472. The minimum Gasteiger partial charge on any atom is -0.316 e.